The molecule has 0 aliphatic rings. The molecule has 0 aliphatic heterocycles. The zero-order valence-electron chi connectivity index (χ0n) is 8.70. The van der Waals surface area contributed by atoms with E-state index in [2.05, 4.69) is 19.4 Å². The number of benzene rings is 1. The molecule has 0 atom stereocenters. The third-order valence-corrected chi connectivity index (χ3v) is 3.43. The largest absolute Gasteiger partial charge is 0.399 e. The molecule has 1 aromatic heterocycles. The molecule has 0 fully saturated rings. The van der Waals surface area contributed by atoms with Gasteiger partial charge in [-0.15, -0.1) is 0 Å². The molecule has 7 nitrogen and oxygen atoms in total. The van der Waals surface area contributed by atoms with Gasteiger partial charge in [0.05, 0.1) is 11.4 Å². The van der Waals surface area contributed by atoms with Gasteiger partial charge in [-0.1, -0.05) is 5.16 Å². The molecule has 0 spiro atoms. The highest BCUT2D eigenvalue weighted by atomic mass is 32.2. The molecule has 2 rings (SSSR count). The number of rotatable bonds is 4. The normalized spacial score (nSPS) is 11.5. The average Bonchev–Trinajstić information content (AvgIpc) is 2.80. The molecule has 1 heterocycles. The average molecular weight is 254 g/mol. The van der Waals surface area contributed by atoms with Gasteiger partial charge in [0.2, 0.25) is 16.4 Å². The van der Waals surface area contributed by atoms with Gasteiger partial charge in [0.1, 0.15) is 0 Å². The summed E-state index contributed by atoms with van der Waals surface area (Å²) in [7, 11) is -3.58. The maximum Gasteiger partial charge on any atom is 0.240 e. The first-order chi connectivity index (χ1) is 8.08. The second-order valence-corrected chi connectivity index (χ2v) is 5.01. The van der Waals surface area contributed by atoms with Crippen LogP contribution in [0.5, 0.6) is 0 Å². The molecule has 3 N–H and O–H groups in total. The lowest BCUT2D eigenvalue weighted by Gasteiger charge is -2.04. The van der Waals surface area contributed by atoms with Gasteiger partial charge >= 0.3 is 0 Å². The number of aromatic nitrogens is 2. The Morgan fingerprint density at radius 3 is 2.59 bits per heavy atom. The van der Waals surface area contributed by atoms with Gasteiger partial charge < -0.3 is 10.3 Å². The zero-order valence-corrected chi connectivity index (χ0v) is 9.52. The Labute approximate surface area is 97.7 Å². The molecule has 0 amide bonds. The molecule has 0 aliphatic carbocycles. The van der Waals surface area contributed by atoms with E-state index in [1.165, 1.54) is 24.3 Å². The smallest absolute Gasteiger partial charge is 0.240 e. The van der Waals surface area contributed by atoms with E-state index < -0.39 is 10.0 Å². The third kappa shape index (κ3) is 2.80. The molecule has 0 saturated heterocycles. The van der Waals surface area contributed by atoms with Gasteiger partial charge in [-0.2, -0.15) is 4.98 Å². The molecular formula is C9H10N4O3S. The van der Waals surface area contributed by atoms with E-state index in [0.29, 0.717) is 5.69 Å². The highest BCUT2D eigenvalue weighted by molar-refractivity contribution is 7.89. The van der Waals surface area contributed by atoms with E-state index in [0.717, 1.165) is 6.39 Å². The molecule has 0 saturated carbocycles. The minimum absolute atomic E-state index is 0.0246. The predicted molar refractivity (Wildman–Crippen MR) is 59.2 cm³/mol. The van der Waals surface area contributed by atoms with Gasteiger partial charge in [0.15, 0.2) is 5.82 Å². The first-order valence-electron chi connectivity index (χ1n) is 4.68. The molecule has 0 unspecified atom stereocenters. The van der Waals surface area contributed by atoms with Crippen molar-refractivity contribution >= 4 is 15.7 Å². The van der Waals surface area contributed by atoms with Crippen LogP contribution in [-0.2, 0) is 16.6 Å². The van der Waals surface area contributed by atoms with Crippen molar-refractivity contribution in [1.29, 1.82) is 0 Å². The maximum absolute atomic E-state index is 11.8. The van der Waals surface area contributed by atoms with Crippen LogP contribution in [0.4, 0.5) is 5.69 Å². The minimum atomic E-state index is -3.58. The maximum atomic E-state index is 11.8. The molecule has 0 radical (unpaired) electrons. The van der Waals surface area contributed by atoms with E-state index in [9.17, 15) is 8.42 Å². The van der Waals surface area contributed by atoms with E-state index in [-0.39, 0.29) is 17.3 Å². The number of nitrogens with two attached hydrogens (primary N) is 1. The lowest BCUT2D eigenvalue weighted by molar-refractivity contribution is 0.409. The second-order valence-electron chi connectivity index (χ2n) is 3.24. The third-order valence-electron chi connectivity index (χ3n) is 2.02. The molecule has 17 heavy (non-hydrogen) atoms. The first-order valence-corrected chi connectivity index (χ1v) is 6.17. The fourth-order valence-electron chi connectivity index (χ4n) is 1.16. The van der Waals surface area contributed by atoms with Crippen LogP contribution in [0, 0.1) is 0 Å². The monoisotopic (exact) mass is 254 g/mol. The van der Waals surface area contributed by atoms with Crippen molar-refractivity contribution in [3.05, 3.63) is 36.5 Å². The van der Waals surface area contributed by atoms with Crippen LogP contribution in [-0.4, -0.2) is 18.6 Å². The summed E-state index contributed by atoms with van der Waals surface area (Å²) in [6.07, 6.45) is 1.13. The first kappa shape index (κ1) is 11.6. The Kier molecular flexibility index (Phi) is 3.07. The summed E-state index contributed by atoms with van der Waals surface area (Å²) >= 11 is 0. The number of nitrogens with one attached hydrogen (secondary N) is 1. The van der Waals surface area contributed by atoms with E-state index in [1.807, 2.05) is 0 Å². The summed E-state index contributed by atoms with van der Waals surface area (Å²) in [6.45, 7) is -0.0246. The molecule has 2 aromatic rings. The fourth-order valence-corrected chi connectivity index (χ4v) is 2.14. The molecule has 1 aromatic carbocycles. The summed E-state index contributed by atoms with van der Waals surface area (Å²) in [6, 6.07) is 5.88. The topological polar surface area (TPSA) is 111 Å². The molecule has 0 bridgehead atoms. The predicted octanol–water partition coefficient (Wildman–Crippen LogP) is 0.130. The Balaban J connectivity index is 2.11. The quantitative estimate of drug-likeness (QED) is 0.750. The highest BCUT2D eigenvalue weighted by Gasteiger charge is 2.14. The Hall–Kier alpha value is -1.93. The Morgan fingerprint density at radius 1 is 1.29 bits per heavy atom. The number of hydrogen-bond donors (Lipinski definition) is 2. The van der Waals surface area contributed by atoms with Crippen LogP contribution in [0.15, 0.2) is 40.1 Å². The summed E-state index contributed by atoms with van der Waals surface area (Å²) in [4.78, 5) is 3.84. The molecule has 8 heteroatoms. The number of nitrogens with zero attached hydrogens (tertiary/aromatic N) is 2. The van der Waals surface area contributed by atoms with Crippen molar-refractivity contribution in [3.8, 4) is 0 Å². The summed E-state index contributed by atoms with van der Waals surface area (Å²) in [5, 5.41) is 3.49. The lowest BCUT2D eigenvalue weighted by Crippen LogP contribution is -2.23. The van der Waals surface area contributed by atoms with Crippen molar-refractivity contribution in [2.75, 3.05) is 5.73 Å². The van der Waals surface area contributed by atoms with Gasteiger partial charge in [-0.25, -0.2) is 13.1 Å². The van der Waals surface area contributed by atoms with Crippen molar-refractivity contribution < 1.29 is 12.9 Å². The lowest BCUT2D eigenvalue weighted by atomic mass is 10.3. The van der Waals surface area contributed by atoms with Crippen molar-refractivity contribution in [1.82, 2.24) is 14.9 Å². The van der Waals surface area contributed by atoms with Crippen molar-refractivity contribution in [3.63, 3.8) is 0 Å². The fraction of sp³-hybridized carbons (Fsp3) is 0.111. The van der Waals surface area contributed by atoms with Crippen LogP contribution in [0.1, 0.15) is 5.82 Å². The van der Waals surface area contributed by atoms with Crippen LogP contribution in [0.3, 0.4) is 0 Å². The van der Waals surface area contributed by atoms with Crippen LogP contribution in [0.2, 0.25) is 0 Å². The minimum Gasteiger partial charge on any atom is -0.399 e. The Bertz CT molecular complexity index is 577. The van der Waals surface area contributed by atoms with Gasteiger partial charge in [0, 0.05) is 5.69 Å². The van der Waals surface area contributed by atoms with Gasteiger partial charge in [0.25, 0.3) is 0 Å². The van der Waals surface area contributed by atoms with Crippen LogP contribution < -0.4 is 10.5 Å². The second kappa shape index (κ2) is 4.52. The van der Waals surface area contributed by atoms with Crippen molar-refractivity contribution in [2.45, 2.75) is 11.4 Å². The standard InChI is InChI=1S/C9H10N4O3S/c10-7-1-3-8(4-2-7)17(14,15)12-5-9-11-6-16-13-9/h1-4,6,12H,5,10H2. The number of nitrogen functional groups attached to an aromatic ring is 1. The summed E-state index contributed by atoms with van der Waals surface area (Å²) < 4.78 is 30.4. The Morgan fingerprint density at radius 2 is 2.00 bits per heavy atom. The SMILES string of the molecule is Nc1ccc(S(=O)(=O)NCc2ncon2)cc1. The zero-order chi connectivity index (χ0) is 12.3. The number of anilines is 1. The highest BCUT2D eigenvalue weighted by Crippen LogP contribution is 2.11. The van der Waals surface area contributed by atoms with E-state index in [1.54, 1.807) is 0 Å². The van der Waals surface area contributed by atoms with E-state index >= 15 is 0 Å². The van der Waals surface area contributed by atoms with Crippen LogP contribution >= 0.6 is 0 Å². The van der Waals surface area contributed by atoms with Crippen LogP contribution in [0.25, 0.3) is 0 Å². The summed E-state index contributed by atoms with van der Waals surface area (Å²) in [5.41, 5.74) is 5.98. The summed E-state index contributed by atoms with van der Waals surface area (Å²) in [5.74, 6) is 0.268. The van der Waals surface area contributed by atoms with Gasteiger partial charge in [-0.05, 0) is 24.3 Å². The van der Waals surface area contributed by atoms with E-state index in [4.69, 9.17) is 5.73 Å². The molecular weight excluding hydrogens is 244 g/mol. The van der Waals surface area contributed by atoms with Gasteiger partial charge in [-0.3, -0.25) is 0 Å². The molecule has 90 valence electrons. The van der Waals surface area contributed by atoms with Crippen molar-refractivity contribution in [2.24, 2.45) is 0 Å². The number of hydrogen-bond acceptors (Lipinski definition) is 6. The number of sulfonamides is 1.